The summed E-state index contributed by atoms with van der Waals surface area (Å²) in [6, 6.07) is 6.65. The zero-order chi connectivity index (χ0) is 11.2. The summed E-state index contributed by atoms with van der Waals surface area (Å²) in [7, 11) is 1.75. The number of nitrogens with one attached hydrogen (secondary N) is 1. The Kier molecular flexibility index (Phi) is 4.23. The summed E-state index contributed by atoms with van der Waals surface area (Å²) in [4.78, 5) is 0. The predicted octanol–water partition coefficient (Wildman–Crippen LogP) is 3.01. The van der Waals surface area contributed by atoms with Gasteiger partial charge in [-0.15, -0.1) is 0 Å². The van der Waals surface area contributed by atoms with Gasteiger partial charge in [0.1, 0.15) is 0 Å². The molecule has 1 aliphatic rings. The molecule has 0 atom stereocenters. The fourth-order valence-corrected chi connectivity index (χ4v) is 2.39. The van der Waals surface area contributed by atoms with Crippen LogP contribution in [0.4, 0.5) is 5.69 Å². The van der Waals surface area contributed by atoms with E-state index in [1.54, 1.807) is 18.2 Å². The van der Waals surface area contributed by atoms with Crippen LogP contribution in [0, 0.1) is 0 Å². The summed E-state index contributed by atoms with van der Waals surface area (Å²) >= 11 is 0. The van der Waals surface area contributed by atoms with Crippen molar-refractivity contribution >= 4 is 5.69 Å². The van der Waals surface area contributed by atoms with E-state index in [4.69, 9.17) is 4.74 Å². The molecule has 0 bridgehead atoms. The Morgan fingerprint density at radius 1 is 1.25 bits per heavy atom. The number of aryl methyl sites for hydroxylation is 1. The van der Waals surface area contributed by atoms with Gasteiger partial charge in [-0.25, -0.2) is 0 Å². The maximum atomic E-state index is 5.05. The molecule has 0 fully saturated rings. The third-order valence-corrected chi connectivity index (χ3v) is 3.24. The van der Waals surface area contributed by atoms with Crippen molar-refractivity contribution in [1.29, 1.82) is 0 Å². The van der Waals surface area contributed by atoms with Gasteiger partial charge < -0.3 is 10.1 Å². The van der Waals surface area contributed by atoms with Crippen LogP contribution in [0.15, 0.2) is 18.2 Å². The number of benzene rings is 1. The molecule has 1 aromatic carbocycles. The fourth-order valence-electron chi connectivity index (χ4n) is 2.39. The topological polar surface area (TPSA) is 21.3 Å². The minimum atomic E-state index is 0.835. The van der Waals surface area contributed by atoms with Crippen molar-refractivity contribution in [3.05, 3.63) is 29.3 Å². The number of rotatable bonds is 5. The highest BCUT2D eigenvalue weighted by molar-refractivity contribution is 5.55. The van der Waals surface area contributed by atoms with Gasteiger partial charge in [0, 0.05) is 25.9 Å². The molecule has 0 radical (unpaired) electrons. The van der Waals surface area contributed by atoms with Crippen molar-refractivity contribution in [2.45, 2.75) is 32.1 Å². The number of fused-ring (bicyclic) bond motifs is 1. The molecule has 0 unspecified atom stereocenters. The molecule has 0 aromatic heterocycles. The van der Waals surface area contributed by atoms with Crippen LogP contribution in [0.3, 0.4) is 0 Å². The Morgan fingerprint density at radius 3 is 3.00 bits per heavy atom. The third kappa shape index (κ3) is 2.76. The first-order valence-electron chi connectivity index (χ1n) is 6.25. The van der Waals surface area contributed by atoms with E-state index in [9.17, 15) is 0 Å². The average Bonchev–Trinajstić information content (AvgIpc) is 2.35. The van der Waals surface area contributed by atoms with E-state index >= 15 is 0 Å². The molecule has 1 aromatic rings. The van der Waals surface area contributed by atoms with E-state index in [1.807, 2.05) is 0 Å². The number of anilines is 1. The van der Waals surface area contributed by atoms with Crippen LogP contribution in [0.1, 0.15) is 30.4 Å². The molecule has 0 amide bonds. The molecule has 0 aliphatic heterocycles. The molecular weight excluding hydrogens is 198 g/mol. The van der Waals surface area contributed by atoms with E-state index in [0.29, 0.717) is 0 Å². The van der Waals surface area contributed by atoms with Gasteiger partial charge in [-0.3, -0.25) is 0 Å². The molecule has 2 heteroatoms. The molecule has 0 saturated heterocycles. The van der Waals surface area contributed by atoms with Crippen LogP contribution in [0.2, 0.25) is 0 Å². The van der Waals surface area contributed by atoms with Gasteiger partial charge in [-0.05, 0) is 49.3 Å². The Morgan fingerprint density at radius 2 is 2.12 bits per heavy atom. The SMILES string of the molecule is COCCCNc1cccc2c1CCCC2. The zero-order valence-electron chi connectivity index (χ0n) is 10.1. The smallest absolute Gasteiger partial charge is 0.0479 e. The van der Waals surface area contributed by atoms with Crippen LogP contribution >= 0.6 is 0 Å². The molecule has 0 saturated carbocycles. The molecule has 2 nitrogen and oxygen atoms in total. The highest BCUT2D eigenvalue weighted by atomic mass is 16.5. The minimum Gasteiger partial charge on any atom is -0.385 e. The zero-order valence-corrected chi connectivity index (χ0v) is 10.1. The van der Waals surface area contributed by atoms with Crippen molar-refractivity contribution in [3.8, 4) is 0 Å². The first-order chi connectivity index (χ1) is 7.92. The second-order valence-corrected chi connectivity index (χ2v) is 4.42. The van der Waals surface area contributed by atoms with Gasteiger partial charge in [-0.2, -0.15) is 0 Å². The number of hydrogen-bond acceptors (Lipinski definition) is 2. The first-order valence-corrected chi connectivity index (χ1v) is 6.25. The average molecular weight is 219 g/mol. The van der Waals surface area contributed by atoms with Crippen LogP contribution < -0.4 is 5.32 Å². The standard InChI is InChI=1S/C14H21NO/c1-16-11-5-10-15-14-9-4-7-12-6-2-3-8-13(12)14/h4,7,9,15H,2-3,5-6,8,10-11H2,1H3. The Balaban J connectivity index is 1.97. The van der Waals surface area contributed by atoms with Gasteiger partial charge >= 0.3 is 0 Å². The van der Waals surface area contributed by atoms with E-state index in [-0.39, 0.29) is 0 Å². The molecule has 16 heavy (non-hydrogen) atoms. The third-order valence-electron chi connectivity index (χ3n) is 3.24. The molecule has 1 aliphatic carbocycles. The highest BCUT2D eigenvalue weighted by Gasteiger charge is 2.11. The van der Waals surface area contributed by atoms with Gasteiger partial charge in [-0.1, -0.05) is 12.1 Å². The minimum absolute atomic E-state index is 0.835. The maximum Gasteiger partial charge on any atom is 0.0479 e. The summed E-state index contributed by atoms with van der Waals surface area (Å²) in [6.45, 7) is 1.84. The predicted molar refractivity (Wildman–Crippen MR) is 68.1 cm³/mol. The van der Waals surface area contributed by atoms with Crippen molar-refractivity contribution in [2.75, 3.05) is 25.6 Å². The summed E-state index contributed by atoms with van der Waals surface area (Å²) in [5.41, 5.74) is 4.43. The lowest BCUT2D eigenvalue weighted by atomic mass is 9.90. The van der Waals surface area contributed by atoms with Crippen molar-refractivity contribution in [2.24, 2.45) is 0 Å². The summed E-state index contributed by atoms with van der Waals surface area (Å²) < 4.78 is 5.05. The number of ether oxygens (including phenoxy) is 1. The van der Waals surface area contributed by atoms with Crippen molar-refractivity contribution in [3.63, 3.8) is 0 Å². The Hall–Kier alpha value is -1.02. The van der Waals surface area contributed by atoms with Crippen LogP contribution in [0.5, 0.6) is 0 Å². The van der Waals surface area contributed by atoms with Gasteiger partial charge in [0.05, 0.1) is 0 Å². The summed E-state index contributed by atoms with van der Waals surface area (Å²) in [6.07, 6.45) is 6.25. The van der Waals surface area contributed by atoms with E-state index in [2.05, 4.69) is 23.5 Å². The van der Waals surface area contributed by atoms with E-state index in [1.165, 1.54) is 31.4 Å². The fraction of sp³-hybridized carbons (Fsp3) is 0.571. The normalized spacial score (nSPS) is 14.6. The van der Waals surface area contributed by atoms with Crippen LogP contribution in [0.25, 0.3) is 0 Å². The number of methoxy groups -OCH3 is 1. The molecular formula is C14H21NO. The quantitative estimate of drug-likeness (QED) is 0.769. The van der Waals surface area contributed by atoms with Crippen LogP contribution in [-0.2, 0) is 17.6 Å². The molecule has 0 heterocycles. The molecule has 0 spiro atoms. The second kappa shape index (κ2) is 5.90. The lowest BCUT2D eigenvalue weighted by Crippen LogP contribution is -2.10. The van der Waals surface area contributed by atoms with E-state index in [0.717, 1.165) is 19.6 Å². The largest absolute Gasteiger partial charge is 0.385 e. The molecule has 1 N–H and O–H groups in total. The molecule has 88 valence electrons. The Bertz CT molecular complexity index is 336. The summed E-state index contributed by atoms with van der Waals surface area (Å²) in [5, 5.41) is 3.53. The van der Waals surface area contributed by atoms with E-state index < -0.39 is 0 Å². The highest BCUT2D eigenvalue weighted by Crippen LogP contribution is 2.27. The monoisotopic (exact) mass is 219 g/mol. The number of hydrogen-bond donors (Lipinski definition) is 1. The second-order valence-electron chi connectivity index (χ2n) is 4.42. The summed E-state index contributed by atoms with van der Waals surface area (Å²) in [5.74, 6) is 0. The van der Waals surface area contributed by atoms with Gasteiger partial charge in [0.25, 0.3) is 0 Å². The lowest BCUT2D eigenvalue weighted by Gasteiger charge is -2.20. The van der Waals surface area contributed by atoms with Gasteiger partial charge in [0.2, 0.25) is 0 Å². The van der Waals surface area contributed by atoms with Crippen LogP contribution in [-0.4, -0.2) is 20.3 Å². The van der Waals surface area contributed by atoms with Crippen molar-refractivity contribution < 1.29 is 4.74 Å². The lowest BCUT2D eigenvalue weighted by molar-refractivity contribution is 0.198. The molecule has 2 rings (SSSR count). The maximum absolute atomic E-state index is 5.05. The Labute approximate surface area is 98.0 Å². The first kappa shape index (κ1) is 11.5. The van der Waals surface area contributed by atoms with Gasteiger partial charge in [0.15, 0.2) is 0 Å². The van der Waals surface area contributed by atoms with Crippen molar-refractivity contribution in [1.82, 2.24) is 0 Å².